The van der Waals surface area contributed by atoms with Crippen molar-refractivity contribution in [3.63, 3.8) is 0 Å². The number of carbonyl (C=O) groups excluding carboxylic acids is 2. The standard InChI is InChI=1S/C12H10.C6H12N2O2/c1-3-7-11(8-4-1)12-9-5-2-6-10-12;7-5(9)3-1-2-4-6(8)10/h1-10H;1-4H2,(H2,7,9)(H2,8,10). The van der Waals surface area contributed by atoms with Crippen LogP contribution in [-0.4, -0.2) is 11.8 Å². The fraction of sp³-hybridized carbons (Fsp3) is 0.222. The van der Waals surface area contributed by atoms with Crippen molar-refractivity contribution in [2.75, 3.05) is 0 Å². The Morgan fingerprint density at radius 1 is 0.636 bits per heavy atom. The Morgan fingerprint density at radius 3 is 1.23 bits per heavy atom. The predicted molar refractivity (Wildman–Crippen MR) is 88.7 cm³/mol. The summed E-state index contributed by atoms with van der Waals surface area (Å²) in [5.41, 5.74) is 12.3. The van der Waals surface area contributed by atoms with Crippen molar-refractivity contribution in [1.29, 1.82) is 0 Å². The number of hydrogen-bond acceptors (Lipinski definition) is 2. The Bertz CT molecular complexity index is 515. The Kier molecular flexibility index (Phi) is 8.05. The molecule has 0 unspecified atom stereocenters. The summed E-state index contributed by atoms with van der Waals surface area (Å²) in [6.07, 6.45) is 1.98. The summed E-state index contributed by atoms with van der Waals surface area (Å²) in [5, 5.41) is 0. The number of carbonyl (C=O) groups is 2. The van der Waals surface area contributed by atoms with E-state index in [0.29, 0.717) is 25.7 Å². The van der Waals surface area contributed by atoms with E-state index >= 15 is 0 Å². The van der Waals surface area contributed by atoms with Crippen molar-refractivity contribution in [1.82, 2.24) is 0 Å². The van der Waals surface area contributed by atoms with Gasteiger partial charge in [0.05, 0.1) is 0 Å². The van der Waals surface area contributed by atoms with Gasteiger partial charge in [0.15, 0.2) is 0 Å². The number of rotatable bonds is 6. The highest BCUT2D eigenvalue weighted by Gasteiger charge is 1.96. The molecule has 2 aromatic carbocycles. The highest BCUT2D eigenvalue weighted by Crippen LogP contribution is 2.17. The first-order chi connectivity index (χ1) is 10.6. The molecule has 2 rings (SSSR count). The second-order valence-electron chi connectivity index (χ2n) is 4.87. The average molecular weight is 298 g/mol. The lowest BCUT2D eigenvalue weighted by Gasteiger charge is -1.98. The van der Waals surface area contributed by atoms with E-state index in [0.717, 1.165) is 0 Å². The lowest BCUT2D eigenvalue weighted by molar-refractivity contribution is -0.119. The van der Waals surface area contributed by atoms with Gasteiger partial charge in [-0.3, -0.25) is 9.59 Å². The fourth-order valence-electron chi connectivity index (χ4n) is 1.86. The van der Waals surface area contributed by atoms with Crippen LogP contribution in [-0.2, 0) is 9.59 Å². The van der Waals surface area contributed by atoms with Crippen LogP contribution in [0.25, 0.3) is 11.1 Å². The summed E-state index contributed by atoms with van der Waals surface area (Å²) < 4.78 is 0. The molecule has 0 aliphatic heterocycles. The molecule has 0 aliphatic carbocycles. The van der Waals surface area contributed by atoms with Crippen LogP contribution in [0.4, 0.5) is 0 Å². The third kappa shape index (κ3) is 7.85. The zero-order chi connectivity index (χ0) is 16.2. The second kappa shape index (κ2) is 10.2. The minimum Gasteiger partial charge on any atom is -0.370 e. The lowest BCUT2D eigenvalue weighted by Crippen LogP contribution is -2.12. The summed E-state index contributed by atoms with van der Waals surface area (Å²) in [4.78, 5) is 20.3. The SMILES string of the molecule is NC(=O)CCCCC(N)=O.c1ccc(-c2ccccc2)cc1. The third-order valence-corrected chi connectivity index (χ3v) is 2.98. The van der Waals surface area contributed by atoms with Gasteiger partial charge in [0.25, 0.3) is 0 Å². The van der Waals surface area contributed by atoms with Crippen LogP contribution in [0.2, 0.25) is 0 Å². The quantitative estimate of drug-likeness (QED) is 0.803. The molecular formula is C18H22N2O2. The van der Waals surface area contributed by atoms with E-state index in [2.05, 4.69) is 48.5 Å². The van der Waals surface area contributed by atoms with E-state index in [-0.39, 0.29) is 11.8 Å². The van der Waals surface area contributed by atoms with Gasteiger partial charge in [0.2, 0.25) is 11.8 Å². The van der Waals surface area contributed by atoms with E-state index in [4.69, 9.17) is 11.5 Å². The van der Waals surface area contributed by atoms with Gasteiger partial charge in [-0.2, -0.15) is 0 Å². The molecule has 0 aliphatic rings. The molecule has 4 nitrogen and oxygen atoms in total. The van der Waals surface area contributed by atoms with E-state index in [1.807, 2.05) is 12.1 Å². The normalized spacial score (nSPS) is 9.45. The van der Waals surface area contributed by atoms with Gasteiger partial charge in [0, 0.05) is 12.8 Å². The molecule has 0 saturated carbocycles. The first-order valence-electron chi connectivity index (χ1n) is 7.26. The summed E-state index contributed by atoms with van der Waals surface area (Å²) in [6, 6.07) is 20.8. The van der Waals surface area contributed by atoms with Gasteiger partial charge in [-0.1, -0.05) is 60.7 Å². The molecule has 116 valence electrons. The second-order valence-corrected chi connectivity index (χ2v) is 4.87. The largest absolute Gasteiger partial charge is 0.370 e. The smallest absolute Gasteiger partial charge is 0.217 e. The monoisotopic (exact) mass is 298 g/mol. The number of unbranched alkanes of at least 4 members (excludes halogenated alkanes) is 1. The van der Waals surface area contributed by atoms with Gasteiger partial charge >= 0.3 is 0 Å². The Hall–Kier alpha value is -2.62. The van der Waals surface area contributed by atoms with Gasteiger partial charge in [-0.05, 0) is 24.0 Å². The van der Waals surface area contributed by atoms with Crippen molar-refractivity contribution in [3.05, 3.63) is 60.7 Å². The van der Waals surface area contributed by atoms with Crippen LogP contribution >= 0.6 is 0 Å². The maximum absolute atomic E-state index is 10.2. The highest BCUT2D eigenvalue weighted by molar-refractivity contribution is 5.74. The minimum absolute atomic E-state index is 0.329. The summed E-state index contributed by atoms with van der Waals surface area (Å²) in [6.45, 7) is 0. The van der Waals surface area contributed by atoms with Crippen LogP contribution in [0.5, 0.6) is 0 Å². The van der Waals surface area contributed by atoms with Crippen LogP contribution < -0.4 is 11.5 Å². The molecule has 0 heterocycles. The first kappa shape index (κ1) is 17.4. The summed E-state index contributed by atoms with van der Waals surface area (Å²) >= 11 is 0. The average Bonchev–Trinajstić information content (AvgIpc) is 2.54. The van der Waals surface area contributed by atoms with Crippen molar-refractivity contribution >= 4 is 11.8 Å². The highest BCUT2D eigenvalue weighted by atomic mass is 16.1. The molecule has 0 bridgehead atoms. The van der Waals surface area contributed by atoms with Gasteiger partial charge in [-0.15, -0.1) is 0 Å². The topological polar surface area (TPSA) is 86.2 Å². The maximum Gasteiger partial charge on any atom is 0.217 e. The molecule has 0 fully saturated rings. The number of primary amides is 2. The van der Waals surface area contributed by atoms with Crippen LogP contribution in [0.1, 0.15) is 25.7 Å². The molecule has 2 amide bonds. The van der Waals surface area contributed by atoms with Crippen molar-refractivity contribution in [2.24, 2.45) is 11.5 Å². The predicted octanol–water partition coefficient (Wildman–Crippen LogP) is 2.87. The van der Waals surface area contributed by atoms with E-state index in [9.17, 15) is 9.59 Å². The Labute approximate surface area is 131 Å². The number of benzene rings is 2. The molecule has 0 spiro atoms. The van der Waals surface area contributed by atoms with Crippen LogP contribution in [0.15, 0.2) is 60.7 Å². The number of nitrogens with two attached hydrogens (primary N) is 2. The third-order valence-electron chi connectivity index (χ3n) is 2.98. The van der Waals surface area contributed by atoms with E-state index < -0.39 is 0 Å². The van der Waals surface area contributed by atoms with Crippen molar-refractivity contribution < 1.29 is 9.59 Å². The zero-order valence-electron chi connectivity index (χ0n) is 12.6. The van der Waals surface area contributed by atoms with Crippen molar-refractivity contribution in [2.45, 2.75) is 25.7 Å². The van der Waals surface area contributed by atoms with Gasteiger partial charge in [-0.25, -0.2) is 0 Å². The van der Waals surface area contributed by atoms with Crippen LogP contribution in [0, 0.1) is 0 Å². The molecule has 4 N–H and O–H groups in total. The maximum atomic E-state index is 10.2. The number of amides is 2. The van der Waals surface area contributed by atoms with E-state index in [1.54, 1.807) is 0 Å². The molecule has 2 aromatic rings. The molecule has 0 atom stereocenters. The van der Waals surface area contributed by atoms with Crippen LogP contribution in [0.3, 0.4) is 0 Å². The zero-order valence-corrected chi connectivity index (χ0v) is 12.6. The molecule has 4 heteroatoms. The first-order valence-corrected chi connectivity index (χ1v) is 7.26. The number of hydrogen-bond donors (Lipinski definition) is 2. The lowest BCUT2D eigenvalue weighted by atomic mass is 10.1. The molecule has 0 saturated heterocycles. The summed E-state index contributed by atoms with van der Waals surface area (Å²) in [5.74, 6) is -0.658. The van der Waals surface area contributed by atoms with Gasteiger partial charge in [0.1, 0.15) is 0 Å². The molecule has 0 aromatic heterocycles. The molecule has 22 heavy (non-hydrogen) atoms. The van der Waals surface area contributed by atoms with E-state index in [1.165, 1.54) is 11.1 Å². The Balaban J connectivity index is 0.000000225. The van der Waals surface area contributed by atoms with Crippen molar-refractivity contribution in [3.8, 4) is 11.1 Å². The molecule has 0 radical (unpaired) electrons. The minimum atomic E-state index is -0.329. The Morgan fingerprint density at radius 2 is 0.955 bits per heavy atom. The fourth-order valence-corrected chi connectivity index (χ4v) is 1.86. The van der Waals surface area contributed by atoms with Gasteiger partial charge < -0.3 is 11.5 Å². The molecular weight excluding hydrogens is 276 g/mol. The summed E-state index contributed by atoms with van der Waals surface area (Å²) in [7, 11) is 0.